The number of nitrogen functional groups attached to an aromatic ring is 1. The monoisotopic (exact) mass is 290 g/mol. The zero-order valence-electron chi connectivity index (χ0n) is 7.54. The van der Waals surface area contributed by atoms with Gasteiger partial charge in [0.2, 0.25) is 0 Å². The predicted octanol–water partition coefficient (Wildman–Crippen LogP) is 1.75. The number of aldehydes is 1. The molecule has 0 unspecified atom stereocenters. The fraction of sp³-hybridized carbons (Fsp3) is 0.222. The van der Waals surface area contributed by atoms with Crippen molar-refractivity contribution in [2.45, 2.75) is 0 Å². The molecule has 1 aromatic rings. The first kappa shape index (κ1) is 10.3. The maximum atomic E-state index is 10.8. The third-order valence-corrected chi connectivity index (χ3v) is 2.64. The summed E-state index contributed by atoms with van der Waals surface area (Å²) in [5, 5.41) is 0. The summed E-state index contributed by atoms with van der Waals surface area (Å²) in [5.41, 5.74) is 7.66. The lowest BCUT2D eigenvalue weighted by molar-refractivity contribution is 0.112. The number of hydrogen-bond donors (Lipinski definition) is 1. The molecule has 2 N–H and O–H groups in total. The second-order valence-corrected chi connectivity index (χ2v) is 4.07. The van der Waals surface area contributed by atoms with E-state index in [4.69, 9.17) is 5.73 Å². The van der Waals surface area contributed by atoms with E-state index < -0.39 is 0 Å². The van der Waals surface area contributed by atoms with Crippen LogP contribution in [0.15, 0.2) is 12.1 Å². The SMILES string of the molecule is CN(C)c1c(I)ccc(N)c1C=O. The van der Waals surface area contributed by atoms with Crippen molar-refractivity contribution < 1.29 is 4.79 Å². The van der Waals surface area contributed by atoms with Gasteiger partial charge in [-0.3, -0.25) is 4.79 Å². The van der Waals surface area contributed by atoms with Crippen molar-refractivity contribution in [3.63, 3.8) is 0 Å². The molecule has 0 aliphatic carbocycles. The first-order chi connectivity index (χ1) is 6.07. The molecule has 0 heterocycles. The molecular formula is C9H11IN2O. The number of benzene rings is 1. The maximum absolute atomic E-state index is 10.8. The third kappa shape index (κ3) is 1.93. The molecule has 0 spiro atoms. The summed E-state index contributed by atoms with van der Waals surface area (Å²) in [6.07, 6.45) is 0.798. The molecule has 3 nitrogen and oxygen atoms in total. The van der Waals surface area contributed by atoms with Crippen molar-refractivity contribution in [2.75, 3.05) is 24.7 Å². The van der Waals surface area contributed by atoms with Crippen molar-refractivity contribution in [1.29, 1.82) is 0 Å². The van der Waals surface area contributed by atoms with Crippen LogP contribution in [0.1, 0.15) is 10.4 Å². The fourth-order valence-corrected chi connectivity index (χ4v) is 2.13. The standard InChI is InChI=1S/C9H11IN2O/c1-12(2)9-6(5-13)8(11)4-3-7(9)10/h3-5H,11H2,1-2H3. The average Bonchev–Trinajstić information content (AvgIpc) is 2.07. The molecule has 0 saturated carbocycles. The van der Waals surface area contributed by atoms with Gasteiger partial charge in [-0.05, 0) is 34.7 Å². The summed E-state index contributed by atoms with van der Waals surface area (Å²) < 4.78 is 1.03. The molecule has 0 bridgehead atoms. The lowest BCUT2D eigenvalue weighted by Crippen LogP contribution is -2.14. The highest BCUT2D eigenvalue weighted by atomic mass is 127. The van der Waals surface area contributed by atoms with E-state index in [1.165, 1.54) is 0 Å². The van der Waals surface area contributed by atoms with E-state index in [-0.39, 0.29) is 0 Å². The second-order valence-electron chi connectivity index (χ2n) is 2.91. The minimum atomic E-state index is 0.527. The average molecular weight is 290 g/mol. The number of anilines is 2. The number of rotatable bonds is 2. The van der Waals surface area contributed by atoms with Gasteiger partial charge in [0, 0.05) is 23.4 Å². The van der Waals surface area contributed by atoms with Crippen LogP contribution >= 0.6 is 22.6 Å². The number of carbonyl (C=O) groups excluding carboxylic acids is 1. The Morgan fingerprint density at radius 2 is 2.08 bits per heavy atom. The van der Waals surface area contributed by atoms with E-state index in [1.807, 2.05) is 25.1 Å². The first-order valence-corrected chi connectivity index (χ1v) is 4.86. The number of nitrogens with two attached hydrogens (primary N) is 1. The summed E-state index contributed by atoms with van der Waals surface area (Å²) in [6.45, 7) is 0. The second kappa shape index (κ2) is 3.95. The molecule has 0 fully saturated rings. The van der Waals surface area contributed by atoms with Crippen molar-refractivity contribution >= 4 is 40.3 Å². The number of nitrogens with zero attached hydrogens (tertiary/aromatic N) is 1. The normalized spacial score (nSPS) is 9.77. The summed E-state index contributed by atoms with van der Waals surface area (Å²) in [6, 6.07) is 3.65. The molecule has 1 aromatic carbocycles. The smallest absolute Gasteiger partial charge is 0.154 e. The lowest BCUT2D eigenvalue weighted by Gasteiger charge is -2.17. The number of halogens is 1. The molecule has 0 atom stereocenters. The van der Waals surface area contributed by atoms with Gasteiger partial charge in [-0.2, -0.15) is 0 Å². The van der Waals surface area contributed by atoms with Gasteiger partial charge in [-0.25, -0.2) is 0 Å². The predicted molar refractivity (Wildman–Crippen MR) is 63.3 cm³/mol. The number of hydrogen-bond acceptors (Lipinski definition) is 3. The Labute approximate surface area is 91.0 Å². The molecule has 0 saturated heterocycles. The lowest BCUT2D eigenvalue weighted by atomic mass is 10.1. The summed E-state index contributed by atoms with van der Waals surface area (Å²) in [7, 11) is 3.79. The van der Waals surface area contributed by atoms with E-state index in [9.17, 15) is 4.79 Å². The van der Waals surface area contributed by atoms with Crippen LogP contribution in [0.2, 0.25) is 0 Å². The fourth-order valence-electron chi connectivity index (χ4n) is 1.18. The zero-order chi connectivity index (χ0) is 10.0. The van der Waals surface area contributed by atoms with Crippen molar-refractivity contribution in [1.82, 2.24) is 0 Å². The van der Waals surface area contributed by atoms with Crippen LogP contribution in [0.4, 0.5) is 11.4 Å². The van der Waals surface area contributed by atoms with Gasteiger partial charge >= 0.3 is 0 Å². The Morgan fingerprint density at radius 1 is 1.46 bits per heavy atom. The molecule has 13 heavy (non-hydrogen) atoms. The molecule has 0 amide bonds. The summed E-state index contributed by atoms with van der Waals surface area (Å²) >= 11 is 2.19. The van der Waals surface area contributed by atoms with Gasteiger partial charge in [-0.15, -0.1) is 0 Å². The summed E-state index contributed by atoms with van der Waals surface area (Å²) in [5.74, 6) is 0. The Kier molecular flexibility index (Phi) is 3.13. The molecule has 0 radical (unpaired) electrons. The topological polar surface area (TPSA) is 46.3 Å². The van der Waals surface area contributed by atoms with Gasteiger partial charge in [0.25, 0.3) is 0 Å². The molecule has 70 valence electrons. The van der Waals surface area contributed by atoms with Gasteiger partial charge in [0.1, 0.15) is 0 Å². The van der Waals surface area contributed by atoms with Crippen LogP contribution in [-0.2, 0) is 0 Å². The Bertz CT molecular complexity index is 337. The maximum Gasteiger partial charge on any atom is 0.154 e. The largest absolute Gasteiger partial charge is 0.398 e. The van der Waals surface area contributed by atoms with Crippen LogP contribution in [-0.4, -0.2) is 20.4 Å². The van der Waals surface area contributed by atoms with E-state index in [0.29, 0.717) is 11.3 Å². The van der Waals surface area contributed by atoms with E-state index in [2.05, 4.69) is 22.6 Å². The third-order valence-electron chi connectivity index (χ3n) is 1.77. The minimum Gasteiger partial charge on any atom is -0.398 e. The van der Waals surface area contributed by atoms with Crippen LogP contribution in [0.5, 0.6) is 0 Å². The van der Waals surface area contributed by atoms with Crippen LogP contribution < -0.4 is 10.6 Å². The molecule has 4 heteroatoms. The quantitative estimate of drug-likeness (QED) is 0.513. The van der Waals surface area contributed by atoms with E-state index >= 15 is 0 Å². The van der Waals surface area contributed by atoms with Crippen molar-refractivity contribution in [3.05, 3.63) is 21.3 Å². The van der Waals surface area contributed by atoms with Crippen LogP contribution in [0.25, 0.3) is 0 Å². The first-order valence-electron chi connectivity index (χ1n) is 3.78. The van der Waals surface area contributed by atoms with Gasteiger partial charge < -0.3 is 10.6 Å². The molecule has 0 aromatic heterocycles. The zero-order valence-corrected chi connectivity index (χ0v) is 9.70. The number of carbonyl (C=O) groups is 1. The highest BCUT2D eigenvalue weighted by Gasteiger charge is 2.10. The molecular weight excluding hydrogens is 279 g/mol. The van der Waals surface area contributed by atoms with E-state index in [0.717, 1.165) is 15.5 Å². The van der Waals surface area contributed by atoms with Gasteiger partial charge in [0.15, 0.2) is 6.29 Å². The Hall–Kier alpha value is -0.780. The van der Waals surface area contributed by atoms with Crippen molar-refractivity contribution in [2.24, 2.45) is 0 Å². The van der Waals surface area contributed by atoms with Gasteiger partial charge in [-0.1, -0.05) is 0 Å². The molecule has 0 aliphatic heterocycles. The summed E-state index contributed by atoms with van der Waals surface area (Å²) in [4.78, 5) is 12.7. The Morgan fingerprint density at radius 3 is 2.46 bits per heavy atom. The van der Waals surface area contributed by atoms with Crippen LogP contribution in [0, 0.1) is 3.57 Å². The van der Waals surface area contributed by atoms with E-state index in [1.54, 1.807) is 6.07 Å². The molecule has 0 aliphatic rings. The minimum absolute atomic E-state index is 0.527. The highest BCUT2D eigenvalue weighted by molar-refractivity contribution is 14.1. The van der Waals surface area contributed by atoms with Crippen molar-refractivity contribution in [3.8, 4) is 0 Å². The highest BCUT2D eigenvalue weighted by Crippen LogP contribution is 2.28. The van der Waals surface area contributed by atoms with Crippen LogP contribution in [0.3, 0.4) is 0 Å². The van der Waals surface area contributed by atoms with Gasteiger partial charge in [0.05, 0.1) is 11.3 Å². The molecule has 1 rings (SSSR count). The Balaban J connectivity index is 3.43.